The molecule has 0 unspecified atom stereocenters. The molecule has 4 rings (SSSR count). The summed E-state index contributed by atoms with van der Waals surface area (Å²) < 4.78 is 12.6. The number of ether oxygens (including phenoxy) is 2. The number of fused-ring (bicyclic) bond motifs is 1. The van der Waals surface area contributed by atoms with Gasteiger partial charge in [-0.3, -0.25) is 4.57 Å². The topological polar surface area (TPSA) is 74.1 Å². The van der Waals surface area contributed by atoms with Crippen LogP contribution in [0.3, 0.4) is 0 Å². The van der Waals surface area contributed by atoms with Gasteiger partial charge in [0.25, 0.3) is 0 Å². The monoisotopic (exact) mass is 395 g/mol. The molecule has 0 aliphatic rings. The summed E-state index contributed by atoms with van der Waals surface area (Å²) >= 11 is 1.65. The largest absolute Gasteiger partial charge is 0.493 e. The lowest BCUT2D eigenvalue weighted by Gasteiger charge is -2.12. The molecule has 1 aromatic carbocycles. The van der Waals surface area contributed by atoms with Crippen molar-refractivity contribution >= 4 is 27.4 Å². The molecule has 0 amide bonds. The quantitative estimate of drug-likeness (QED) is 0.529. The van der Waals surface area contributed by atoms with Crippen LogP contribution in [0.4, 0.5) is 5.82 Å². The molecule has 0 fully saturated rings. The Labute approximate surface area is 167 Å². The van der Waals surface area contributed by atoms with Gasteiger partial charge in [0, 0.05) is 23.8 Å². The van der Waals surface area contributed by atoms with E-state index in [2.05, 4.69) is 23.3 Å². The summed E-state index contributed by atoms with van der Waals surface area (Å²) in [5.74, 6) is 3.67. The minimum Gasteiger partial charge on any atom is -0.493 e. The molecule has 0 saturated carbocycles. The van der Waals surface area contributed by atoms with E-state index in [1.165, 1.54) is 4.88 Å². The molecule has 8 heteroatoms. The summed E-state index contributed by atoms with van der Waals surface area (Å²) in [5.41, 5.74) is 1.07. The molecule has 0 atom stereocenters. The third kappa shape index (κ3) is 3.38. The number of benzene rings is 1. The van der Waals surface area contributed by atoms with Crippen molar-refractivity contribution in [2.24, 2.45) is 0 Å². The number of methoxy groups -OCH3 is 2. The van der Waals surface area contributed by atoms with Crippen LogP contribution < -0.4 is 14.8 Å². The average molecular weight is 395 g/mol. The van der Waals surface area contributed by atoms with Gasteiger partial charge in [0.2, 0.25) is 5.95 Å². The normalized spacial score (nSPS) is 11.0. The van der Waals surface area contributed by atoms with Crippen LogP contribution >= 0.6 is 11.3 Å². The summed E-state index contributed by atoms with van der Waals surface area (Å²) in [5, 5.41) is 4.47. The molecule has 144 valence electrons. The second-order valence-corrected chi connectivity index (χ2v) is 7.57. The molecular formula is C20H21N5O2S. The minimum atomic E-state index is 0.601. The first kappa shape index (κ1) is 18.2. The number of imidazole rings is 1. The maximum absolute atomic E-state index is 5.40. The van der Waals surface area contributed by atoms with Crippen molar-refractivity contribution in [3.05, 3.63) is 52.9 Å². The Hall–Kier alpha value is -3.13. The van der Waals surface area contributed by atoms with E-state index in [9.17, 15) is 0 Å². The Bertz CT molecular complexity index is 1140. The minimum absolute atomic E-state index is 0.601. The molecule has 0 radical (unpaired) electrons. The number of thiophene rings is 1. The fourth-order valence-corrected chi connectivity index (χ4v) is 3.91. The maximum Gasteiger partial charge on any atom is 0.238 e. The van der Waals surface area contributed by atoms with E-state index in [1.54, 1.807) is 31.8 Å². The van der Waals surface area contributed by atoms with Crippen LogP contribution in [0, 0.1) is 13.8 Å². The SMILES string of the molecule is COc1ccc(CNc2nc(-n3ccnc3C)nc3sc(C)cc23)cc1OC. The van der Waals surface area contributed by atoms with Gasteiger partial charge in [0.05, 0.1) is 19.6 Å². The predicted octanol–water partition coefficient (Wildman–Crippen LogP) is 4.12. The van der Waals surface area contributed by atoms with Gasteiger partial charge in [-0.25, -0.2) is 9.97 Å². The van der Waals surface area contributed by atoms with Gasteiger partial charge in [0.1, 0.15) is 16.5 Å². The molecule has 0 aliphatic carbocycles. The standard InChI is InChI=1S/C20H21N5O2S/c1-12-9-15-18(22-11-14-5-6-16(26-3)17(10-14)27-4)23-20(24-19(15)28-12)25-8-7-21-13(25)2/h5-10H,11H2,1-4H3,(H,22,23,24). The van der Waals surface area contributed by atoms with Crippen LogP contribution in [0.2, 0.25) is 0 Å². The number of nitrogens with one attached hydrogen (secondary N) is 1. The zero-order valence-electron chi connectivity index (χ0n) is 16.2. The molecule has 3 heterocycles. The Kier molecular flexibility index (Phi) is 4.87. The number of rotatable bonds is 6. The first-order chi connectivity index (χ1) is 13.6. The Morgan fingerprint density at radius 3 is 2.61 bits per heavy atom. The number of aryl methyl sites for hydroxylation is 2. The van der Waals surface area contributed by atoms with E-state index in [0.717, 1.165) is 27.4 Å². The maximum atomic E-state index is 5.40. The molecule has 0 aliphatic heterocycles. The van der Waals surface area contributed by atoms with Gasteiger partial charge in [-0.15, -0.1) is 11.3 Å². The van der Waals surface area contributed by atoms with Gasteiger partial charge >= 0.3 is 0 Å². The highest BCUT2D eigenvalue weighted by Gasteiger charge is 2.13. The van der Waals surface area contributed by atoms with Crippen LogP contribution in [-0.4, -0.2) is 33.7 Å². The van der Waals surface area contributed by atoms with E-state index in [1.807, 2.05) is 35.9 Å². The lowest BCUT2D eigenvalue weighted by molar-refractivity contribution is 0.354. The first-order valence-corrected chi connectivity index (χ1v) is 9.64. The smallest absolute Gasteiger partial charge is 0.238 e. The molecule has 28 heavy (non-hydrogen) atoms. The lowest BCUT2D eigenvalue weighted by atomic mass is 10.2. The number of anilines is 1. The number of hydrogen-bond acceptors (Lipinski definition) is 7. The van der Waals surface area contributed by atoms with Crippen LogP contribution in [0.25, 0.3) is 16.2 Å². The number of aromatic nitrogens is 4. The third-order valence-corrected chi connectivity index (χ3v) is 5.40. The van der Waals surface area contributed by atoms with Crippen molar-refractivity contribution in [1.29, 1.82) is 0 Å². The summed E-state index contributed by atoms with van der Waals surface area (Å²) in [7, 11) is 3.27. The average Bonchev–Trinajstić information content (AvgIpc) is 3.30. The van der Waals surface area contributed by atoms with Crippen molar-refractivity contribution in [3.8, 4) is 17.4 Å². The van der Waals surface area contributed by atoms with E-state index < -0.39 is 0 Å². The van der Waals surface area contributed by atoms with Crippen molar-refractivity contribution in [1.82, 2.24) is 19.5 Å². The third-order valence-electron chi connectivity index (χ3n) is 4.45. The zero-order chi connectivity index (χ0) is 19.7. The summed E-state index contributed by atoms with van der Waals surface area (Å²) in [6.07, 6.45) is 3.62. The molecular weight excluding hydrogens is 374 g/mol. The van der Waals surface area contributed by atoms with E-state index >= 15 is 0 Å². The Morgan fingerprint density at radius 1 is 1.07 bits per heavy atom. The zero-order valence-corrected chi connectivity index (χ0v) is 17.0. The molecule has 4 aromatic rings. The van der Waals surface area contributed by atoms with Crippen LogP contribution in [0.15, 0.2) is 36.7 Å². The van der Waals surface area contributed by atoms with Crippen molar-refractivity contribution in [2.75, 3.05) is 19.5 Å². The second-order valence-electron chi connectivity index (χ2n) is 6.34. The van der Waals surface area contributed by atoms with E-state index in [0.29, 0.717) is 24.0 Å². The highest BCUT2D eigenvalue weighted by molar-refractivity contribution is 7.18. The van der Waals surface area contributed by atoms with Crippen molar-refractivity contribution in [2.45, 2.75) is 20.4 Å². The van der Waals surface area contributed by atoms with Crippen LogP contribution in [-0.2, 0) is 6.54 Å². The predicted molar refractivity (Wildman–Crippen MR) is 111 cm³/mol. The summed E-state index contributed by atoms with van der Waals surface area (Å²) in [4.78, 5) is 15.9. The number of nitrogens with zero attached hydrogens (tertiary/aromatic N) is 4. The first-order valence-electron chi connectivity index (χ1n) is 8.82. The highest BCUT2D eigenvalue weighted by Crippen LogP contribution is 2.31. The van der Waals surface area contributed by atoms with E-state index in [-0.39, 0.29) is 0 Å². The highest BCUT2D eigenvalue weighted by atomic mass is 32.1. The van der Waals surface area contributed by atoms with Gasteiger partial charge in [-0.2, -0.15) is 4.98 Å². The second kappa shape index (κ2) is 7.47. The molecule has 1 N–H and O–H groups in total. The fraction of sp³-hybridized carbons (Fsp3) is 0.250. The fourth-order valence-electron chi connectivity index (χ4n) is 3.04. The summed E-state index contributed by atoms with van der Waals surface area (Å²) in [6, 6.07) is 7.98. The molecule has 7 nitrogen and oxygen atoms in total. The molecule has 0 spiro atoms. The lowest BCUT2D eigenvalue weighted by Crippen LogP contribution is -2.07. The molecule has 0 bridgehead atoms. The van der Waals surface area contributed by atoms with Crippen LogP contribution in [0.1, 0.15) is 16.3 Å². The Morgan fingerprint density at radius 2 is 1.89 bits per heavy atom. The van der Waals surface area contributed by atoms with Crippen LogP contribution in [0.5, 0.6) is 11.5 Å². The Balaban J connectivity index is 1.69. The van der Waals surface area contributed by atoms with Gasteiger partial charge in [-0.1, -0.05) is 6.07 Å². The van der Waals surface area contributed by atoms with Gasteiger partial charge < -0.3 is 14.8 Å². The van der Waals surface area contributed by atoms with Gasteiger partial charge in [0.15, 0.2) is 11.5 Å². The molecule has 3 aromatic heterocycles. The van der Waals surface area contributed by atoms with E-state index in [4.69, 9.17) is 19.4 Å². The molecule has 0 saturated heterocycles. The van der Waals surface area contributed by atoms with Crippen molar-refractivity contribution in [3.63, 3.8) is 0 Å². The summed E-state index contributed by atoms with van der Waals surface area (Å²) in [6.45, 7) is 4.61. The van der Waals surface area contributed by atoms with Gasteiger partial charge in [-0.05, 0) is 37.6 Å². The number of hydrogen-bond donors (Lipinski definition) is 1. The van der Waals surface area contributed by atoms with Crippen molar-refractivity contribution < 1.29 is 9.47 Å².